The number of nitrogens with one attached hydrogen (secondary N) is 2. The van der Waals surface area contributed by atoms with Gasteiger partial charge in [0.05, 0.1) is 19.0 Å². The number of amides is 2. The number of hydrogen-bond acceptors (Lipinski definition) is 5. The Bertz CT molecular complexity index is 587. The quantitative estimate of drug-likeness (QED) is 0.844. The molecule has 3 rings (SSSR count). The molecule has 0 radical (unpaired) electrons. The molecule has 130 valence electrons. The molecule has 0 spiro atoms. The van der Waals surface area contributed by atoms with Crippen LogP contribution in [0.1, 0.15) is 12.8 Å². The van der Waals surface area contributed by atoms with Gasteiger partial charge in [-0.3, -0.25) is 9.59 Å². The van der Waals surface area contributed by atoms with E-state index in [0.717, 1.165) is 36.0 Å². The van der Waals surface area contributed by atoms with Crippen LogP contribution in [0.15, 0.2) is 24.3 Å². The topological polar surface area (TPSA) is 70.7 Å². The molecule has 0 aliphatic carbocycles. The molecule has 7 heteroatoms. The Kier molecular flexibility index (Phi) is 5.63. The van der Waals surface area contributed by atoms with Gasteiger partial charge in [-0.05, 0) is 43.1 Å². The average Bonchev–Trinajstić information content (AvgIpc) is 3.26. The summed E-state index contributed by atoms with van der Waals surface area (Å²) in [5.41, 5.74) is 0.758. The highest BCUT2D eigenvalue weighted by Gasteiger charge is 2.34. The zero-order valence-electron chi connectivity index (χ0n) is 13.8. The fourth-order valence-corrected chi connectivity index (χ4v) is 4.06. The number of carbonyl (C=O) groups is 2. The first kappa shape index (κ1) is 17.1. The van der Waals surface area contributed by atoms with Gasteiger partial charge in [0.2, 0.25) is 11.8 Å². The van der Waals surface area contributed by atoms with Gasteiger partial charge in [0.15, 0.2) is 0 Å². The highest BCUT2D eigenvalue weighted by Crippen LogP contribution is 2.23. The molecule has 1 aromatic rings. The van der Waals surface area contributed by atoms with Gasteiger partial charge in [0.1, 0.15) is 5.75 Å². The molecule has 0 saturated carbocycles. The molecule has 2 fully saturated rings. The van der Waals surface area contributed by atoms with Crippen molar-refractivity contribution in [1.29, 1.82) is 0 Å². The number of nitrogens with zero attached hydrogens (tertiary/aromatic N) is 1. The Hall–Kier alpha value is -1.73. The number of carbonyl (C=O) groups excluding carboxylic acids is 2. The zero-order valence-corrected chi connectivity index (χ0v) is 14.6. The van der Waals surface area contributed by atoms with Crippen molar-refractivity contribution in [3.63, 3.8) is 0 Å². The lowest BCUT2D eigenvalue weighted by molar-refractivity contribution is -0.131. The third-order valence-corrected chi connectivity index (χ3v) is 5.40. The second kappa shape index (κ2) is 7.90. The van der Waals surface area contributed by atoms with Gasteiger partial charge in [0.25, 0.3) is 0 Å². The minimum absolute atomic E-state index is 0.0169. The van der Waals surface area contributed by atoms with Gasteiger partial charge >= 0.3 is 0 Å². The van der Waals surface area contributed by atoms with E-state index in [0.29, 0.717) is 13.0 Å². The Labute approximate surface area is 146 Å². The second-order valence-corrected chi connectivity index (χ2v) is 7.26. The molecule has 0 bridgehead atoms. The number of hydrogen-bond donors (Lipinski definition) is 2. The molecule has 1 aromatic carbocycles. The molecule has 2 saturated heterocycles. The van der Waals surface area contributed by atoms with E-state index in [9.17, 15) is 9.59 Å². The predicted octanol–water partition coefficient (Wildman–Crippen LogP) is 1.53. The monoisotopic (exact) mass is 349 g/mol. The summed E-state index contributed by atoms with van der Waals surface area (Å²) in [6.07, 6.45) is 1.16. The van der Waals surface area contributed by atoms with Crippen molar-refractivity contribution in [3.8, 4) is 5.75 Å². The van der Waals surface area contributed by atoms with E-state index in [2.05, 4.69) is 10.6 Å². The summed E-state index contributed by atoms with van der Waals surface area (Å²) >= 11 is 1.79. The number of benzene rings is 1. The molecule has 2 unspecified atom stereocenters. The largest absolute Gasteiger partial charge is 0.497 e. The van der Waals surface area contributed by atoms with Crippen LogP contribution in [0.5, 0.6) is 5.75 Å². The molecule has 2 heterocycles. The minimum Gasteiger partial charge on any atom is -0.497 e. The molecule has 2 N–H and O–H groups in total. The third kappa shape index (κ3) is 4.21. The highest BCUT2D eigenvalue weighted by molar-refractivity contribution is 7.99. The Morgan fingerprint density at radius 3 is 2.83 bits per heavy atom. The fourth-order valence-electron chi connectivity index (χ4n) is 3.11. The SMILES string of the molecule is COc1ccc(NC(=O)CC2CNC(C(=O)N3CCSC3)C2)cc1. The van der Waals surface area contributed by atoms with Gasteiger partial charge in [-0.2, -0.15) is 0 Å². The van der Waals surface area contributed by atoms with E-state index >= 15 is 0 Å². The van der Waals surface area contributed by atoms with Crippen LogP contribution in [0.3, 0.4) is 0 Å². The molecule has 2 aliphatic rings. The first-order valence-electron chi connectivity index (χ1n) is 8.19. The number of rotatable bonds is 5. The molecule has 2 amide bonds. The summed E-state index contributed by atoms with van der Waals surface area (Å²) < 4.78 is 5.10. The summed E-state index contributed by atoms with van der Waals surface area (Å²) in [6.45, 7) is 1.55. The minimum atomic E-state index is -0.137. The van der Waals surface area contributed by atoms with Crippen molar-refractivity contribution in [2.45, 2.75) is 18.9 Å². The van der Waals surface area contributed by atoms with Crippen molar-refractivity contribution < 1.29 is 14.3 Å². The van der Waals surface area contributed by atoms with Gasteiger partial charge in [0, 0.05) is 24.4 Å². The number of ether oxygens (including phenoxy) is 1. The number of anilines is 1. The van der Waals surface area contributed by atoms with Crippen molar-refractivity contribution in [2.75, 3.05) is 37.1 Å². The fraction of sp³-hybridized carbons (Fsp3) is 0.529. The summed E-state index contributed by atoms with van der Waals surface area (Å²) in [4.78, 5) is 26.5. The first-order chi connectivity index (χ1) is 11.7. The maximum atomic E-state index is 12.4. The molecular formula is C17H23N3O3S. The van der Waals surface area contributed by atoms with Crippen LogP contribution >= 0.6 is 11.8 Å². The lowest BCUT2D eigenvalue weighted by Crippen LogP contribution is -2.42. The van der Waals surface area contributed by atoms with Gasteiger partial charge < -0.3 is 20.3 Å². The second-order valence-electron chi connectivity index (χ2n) is 6.18. The van der Waals surface area contributed by atoms with Crippen LogP contribution < -0.4 is 15.4 Å². The maximum absolute atomic E-state index is 12.4. The predicted molar refractivity (Wildman–Crippen MR) is 95.2 cm³/mol. The first-order valence-corrected chi connectivity index (χ1v) is 9.35. The smallest absolute Gasteiger partial charge is 0.240 e. The van der Waals surface area contributed by atoms with Crippen LogP contribution in [0.25, 0.3) is 0 Å². The Balaban J connectivity index is 1.45. The van der Waals surface area contributed by atoms with Gasteiger partial charge in [-0.25, -0.2) is 0 Å². The van der Waals surface area contributed by atoms with E-state index in [-0.39, 0.29) is 23.8 Å². The molecular weight excluding hydrogens is 326 g/mol. The van der Waals surface area contributed by atoms with E-state index < -0.39 is 0 Å². The Morgan fingerprint density at radius 2 is 2.17 bits per heavy atom. The average molecular weight is 349 g/mol. The lowest BCUT2D eigenvalue weighted by Gasteiger charge is -2.19. The summed E-state index contributed by atoms with van der Waals surface area (Å²) in [5.74, 6) is 2.93. The van der Waals surface area contributed by atoms with Crippen LogP contribution in [0.2, 0.25) is 0 Å². The Morgan fingerprint density at radius 1 is 1.38 bits per heavy atom. The third-order valence-electron chi connectivity index (χ3n) is 4.43. The molecule has 6 nitrogen and oxygen atoms in total. The number of methoxy groups -OCH3 is 1. The van der Waals surface area contributed by atoms with Gasteiger partial charge in [-0.1, -0.05) is 0 Å². The van der Waals surface area contributed by atoms with E-state index in [1.165, 1.54) is 0 Å². The molecule has 2 atom stereocenters. The summed E-state index contributed by atoms with van der Waals surface area (Å²) in [7, 11) is 1.61. The lowest BCUT2D eigenvalue weighted by atomic mass is 10.0. The van der Waals surface area contributed by atoms with Crippen LogP contribution in [0.4, 0.5) is 5.69 Å². The molecule has 0 aromatic heterocycles. The van der Waals surface area contributed by atoms with Crippen LogP contribution in [-0.4, -0.2) is 54.6 Å². The van der Waals surface area contributed by atoms with E-state index in [4.69, 9.17) is 4.74 Å². The van der Waals surface area contributed by atoms with Crippen molar-refractivity contribution in [3.05, 3.63) is 24.3 Å². The standard InChI is InChI=1S/C17H23N3O3S/c1-23-14-4-2-13(3-5-14)19-16(21)9-12-8-15(18-10-12)17(22)20-6-7-24-11-20/h2-5,12,15,18H,6-11H2,1H3,(H,19,21). The molecule has 24 heavy (non-hydrogen) atoms. The summed E-state index contributed by atoms with van der Waals surface area (Å²) in [5, 5.41) is 6.17. The van der Waals surface area contributed by atoms with Crippen molar-refractivity contribution in [1.82, 2.24) is 10.2 Å². The molecule has 2 aliphatic heterocycles. The summed E-state index contributed by atoms with van der Waals surface area (Å²) in [6, 6.07) is 7.13. The van der Waals surface area contributed by atoms with Crippen LogP contribution in [-0.2, 0) is 9.59 Å². The van der Waals surface area contributed by atoms with E-state index in [1.807, 2.05) is 29.2 Å². The maximum Gasteiger partial charge on any atom is 0.240 e. The normalized spacial score (nSPS) is 23.3. The van der Waals surface area contributed by atoms with Crippen molar-refractivity contribution in [2.24, 2.45) is 5.92 Å². The van der Waals surface area contributed by atoms with Gasteiger partial charge in [-0.15, -0.1) is 11.8 Å². The number of thioether (sulfide) groups is 1. The highest BCUT2D eigenvalue weighted by atomic mass is 32.2. The van der Waals surface area contributed by atoms with Crippen LogP contribution in [0, 0.1) is 5.92 Å². The van der Waals surface area contributed by atoms with E-state index in [1.54, 1.807) is 18.9 Å². The van der Waals surface area contributed by atoms with Crippen molar-refractivity contribution >= 4 is 29.3 Å². The zero-order chi connectivity index (χ0) is 16.9.